The maximum atomic E-state index is 12.5. The highest BCUT2D eigenvalue weighted by Crippen LogP contribution is 2.29. The van der Waals surface area contributed by atoms with Gasteiger partial charge < -0.3 is 9.84 Å². The summed E-state index contributed by atoms with van der Waals surface area (Å²) in [6.45, 7) is 4.81. The number of nitrogens with one attached hydrogen (secondary N) is 1. The summed E-state index contributed by atoms with van der Waals surface area (Å²) in [6.07, 6.45) is 0.922. The lowest BCUT2D eigenvalue weighted by Gasteiger charge is -2.33. The van der Waals surface area contributed by atoms with Gasteiger partial charge >= 0.3 is 5.97 Å². The van der Waals surface area contributed by atoms with Crippen molar-refractivity contribution in [2.75, 3.05) is 26.0 Å². The van der Waals surface area contributed by atoms with E-state index in [4.69, 9.17) is 4.74 Å². The molecule has 2 unspecified atom stereocenters. The molecule has 0 amide bonds. The van der Waals surface area contributed by atoms with Crippen LogP contribution >= 0.6 is 11.8 Å². The van der Waals surface area contributed by atoms with Crippen LogP contribution in [0.5, 0.6) is 0 Å². The molecular weight excluding hydrogens is 286 g/mol. The van der Waals surface area contributed by atoms with Crippen molar-refractivity contribution < 1.29 is 14.6 Å². The van der Waals surface area contributed by atoms with Gasteiger partial charge in [0.2, 0.25) is 0 Å². The predicted octanol–water partition coefficient (Wildman–Crippen LogP) is 2.17. The maximum Gasteiger partial charge on any atom is 0.331 e. The molecule has 4 nitrogen and oxygen atoms in total. The molecule has 5 heteroatoms. The first-order chi connectivity index (χ1) is 10.1. The van der Waals surface area contributed by atoms with Gasteiger partial charge in [-0.1, -0.05) is 44.2 Å². The summed E-state index contributed by atoms with van der Waals surface area (Å²) >= 11 is 1.56. The highest BCUT2D eigenvalue weighted by molar-refractivity contribution is 8.00. The largest absolute Gasteiger partial charge is 0.467 e. The number of rotatable bonds is 9. The molecule has 0 fully saturated rings. The Labute approximate surface area is 131 Å². The predicted molar refractivity (Wildman–Crippen MR) is 87.4 cm³/mol. The second-order valence-corrected chi connectivity index (χ2v) is 6.42. The van der Waals surface area contributed by atoms with Crippen LogP contribution in [0.25, 0.3) is 0 Å². The van der Waals surface area contributed by atoms with Gasteiger partial charge in [-0.3, -0.25) is 5.32 Å². The van der Waals surface area contributed by atoms with E-state index in [-0.39, 0.29) is 17.8 Å². The smallest absolute Gasteiger partial charge is 0.331 e. The van der Waals surface area contributed by atoms with Gasteiger partial charge in [0.25, 0.3) is 0 Å². The van der Waals surface area contributed by atoms with Crippen LogP contribution in [0, 0.1) is 0 Å². The Morgan fingerprint density at radius 3 is 2.62 bits per heavy atom. The van der Waals surface area contributed by atoms with Gasteiger partial charge in [0.05, 0.1) is 13.7 Å². The van der Waals surface area contributed by atoms with Crippen molar-refractivity contribution in [3.63, 3.8) is 0 Å². The summed E-state index contributed by atoms with van der Waals surface area (Å²) in [6, 6.07) is 9.63. The van der Waals surface area contributed by atoms with Crippen LogP contribution in [0.4, 0.5) is 0 Å². The Balaban J connectivity index is 3.11. The van der Waals surface area contributed by atoms with E-state index in [2.05, 4.69) is 12.2 Å². The van der Waals surface area contributed by atoms with Crippen molar-refractivity contribution >= 4 is 17.7 Å². The number of thioether (sulfide) groups is 1. The van der Waals surface area contributed by atoms with Crippen LogP contribution < -0.4 is 5.32 Å². The van der Waals surface area contributed by atoms with E-state index in [0.717, 1.165) is 18.5 Å². The van der Waals surface area contributed by atoms with E-state index in [1.807, 2.05) is 37.3 Å². The molecule has 0 radical (unpaired) electrons. The average molecular weight is 311 g/mol. The summed E-state index contributed by atoms with van der Waals surface area (Å²) in [4.78, 5) is 12.5. The average Bonchev–Trinajstić information content (AvgIpc) is 2.55. The number of carbonyl (C=O) groups is 1. The summed E-state index contributed by atoms with van der Waals surface area (Å²) in [5, 5.41) is 12.6. The number of aliphatic hydroxyl groups is 1. The number of benzene rings is 1. The fourth-order valence-electron chi connectivity index (χ4n) is 2.04. The Bertz CT molecular complexity index is 427. The molecule has 21 heavy (non-hydrogen) atoms. The lowest BCUT2D eigenvalue weighted by molar-refractivity contribution is -0.148. The van der Waals surface area contributed by atoms with Crippen LogP contribution in [0.2, 0.25) is 0 Å². The monoisotopic (exact) mass is 311 g/mol. The van der Waals surface area contributed by atoms with Crippen molar-refractivity contribution in [1.82, 2.24) is 5.32 Å². The van der Waals surface area contributed by atoms with Crippen LogP contribution in [-0.4, -0.2) is 42.3 Å². The second-order valence-electron chi connectivity index (χ2n) is 4.99. The summed E-state index contributed by atoms with van der Waals surface area (Å²) in [5.74, 6) is 0.227. The number of hydrogen-bond donors (Lipinski definition) is 2. The van der Waals surface area contributed by atoms with E-state index in [1.54, 1.807) is 11.8 Å². The molecule has 0 saturated carbocycles. The molecule has 0 aliphatic heterocycles. The molecule has 0 aromatic heterocycles. The summed E-state index contributed by atoms with van der Waals surface area (Å²) in [5.41, 5.74) is 0.0167. The van der Waals surface area contributed by atoms with Gasteiger partial charge in [0, 0.05) is 11.0 Å². The maximum absolute atomic E-state index is 12.5. The van der Waals surface area contributed by atoms with Gasteiger partial charge in [-0.2, -0.15) is 11.8 Å². The van der Waals surface area contributed by atoms with Crippen LogP contribution in [-0.2, 0) is 15.1 Å². The zero-order valence-electron chi connectivity index (χ0n) is 13.0. The molecule has 1 aromatic carbocycles. The number of methoxy groups -OCH3 is 1. The van der Waals surface area contributed by atoms with Crippen LogP contribution in [0.1, 0.15) is 25.8 Å². The SMILES string of the molecule is CCCNC(CSC(C)CO)(C(=O)OC)c1ccccc1. The van der Waals surface area contributed by atoms with Gasteiger partial charge in [-0.15, -0.1) is 0 Å². The number of esters is 1. The zero-order chi connectivity index (χ0) is 15.7. The van der Waals surface area contributed by atoms with Gasteiger partial charge in [-0.05, 0) is 18.5 Å². The van der Waals surface area contributed by atoms with Crippen LogP contribution in [0.15, 0.2) is 30.3 Å². The number of aliphatic hydroxyl groups excluding tert-OH is 1. The molecule has 0 heterocycles. The summed E-state index contributed by atoms with van der Waals surface area (Å²) < 4.78 is 5.06. The van der Waals surface area contributed by atoms with E-state index in [1.165, 1.54) is 7.11 Å². The molecule has 0 bridgehead atoms. The van der Waals surface area contributed by atoms with E-state index < -0.39 is 5.54 Å². The molecule has 2 atom stereocenters. The minimum atomic E-state index is -0.875. The Hall–Kier alpha value is -1.04. The van der Waals surface area contributed by atoms with E-state index in [9.17, 15) is 9.90 Å². The Morgan fingerprint density at radius 1 is 1.43 bits per heavy atom. The molecule has 2 N–H and O–H groups in total. The number of hydrogen-bond acceptors (Lipinski definition) is 5. The second kappa shape index (κ2) is 9.07. The van der Waals surface area contributed by atoms with Gasteiger partial charge in [0.15, 0.2) is 5.54 Å². The molecule has 118 valence electrons. The first-order valence-corrected chi connectivity index (χ1v) is 8.27. The minimum absolute atomic E-state index is 0.0705. The van der Waals surface area contributed by atoms with Crippen molar-refractivity contribution in [1.29, 1.82) is 0 Å². The lowest BCUT2D eigenvalue weighted by atomic mass is 9.91. The van der Waals surface area contributed by atoms with Crippen molar-refractivity contribution in [3.8, 4) is 0 Å². The molecule has 0 spiro atoms. The first-order valence-electron chi connectivity index (χ1n) is 7.22. The van der Waals surface area contributed by atoms with E-state index in [0.29, 0.717) is 5.75 Å². The summed E-state index contributed by atoms with van der Waals surface area (Å²) in [7, 11) is 1.41. The third-order valence-electron chi connectivity index (χ3n) is 3.32. The first kappa shape index (κ1) is 18.0. The van der Waals surface area contributed by atoms with Crippen molar-refractivity contribution in [2.45, 2.75) is 31.1 Å². The Kier molecular flexibility index (Phi) is 7.78. The molecule has 0 saturated heterocycles. The van der Waals surface area contributed by atoms with Gasteiger partial charge in [-0.25, -0.2) is 4.79 Å². The highest BCUT2D eigenvalue weighted by Gasteiger charge is 2.41. The van der Waals surface area contributed by atoms with Crippen molar-refractivity contribution in [3.05, 3.63) is 35.9 Å². The molecule has 1 rings (SSSR count). The number of carbonyl (C=O) groups excluding carboxylic acids is 1. The Morgan fingerprint density at radius 2 is 2.10 bits per heavy atom. The quantitative estimate of drug-likeness (QED) is 0.685. The van der Waals surface area contributed by atoms with Crippen LogP contribution in [0.3, 0.4) is 0 Å². The number of ether oxygens (including phenoxy) is 1. The molecule has 0 aliphatic rings. The minimum Gasteiger partial charge on any atom is -0.467 e. The fraction of sp³-hybridized carbons (Fsp3) is 0.562. The molecule has 0 aliphatic carbocycles. The third-order valence-corrected chi connectivity index (χ3v) is 4.64. The van der Waals surface area contributed by atoms with E-state index >= 15 is 0 Å². The topological polar surface area (TPSA) is 58.6 Å². The zero-order valence-corrected chi connectivity index (χ0v) is 13.8. The molecular formula is C16H25NO3S. The lowest BCUT2D eigenvalue weighted by Crippen LogP contribution is -2.52. The fourth-order valence-corrected chi connectivity index (χ4v) is 3.07. The van der Waals surface area contributed by atoms with Crippen molar-refractivity contribution in [2.24, 2.45) is 0 Å². The van der Waals surface area contributed by atoms with Gasteiger partial charge in [0.1, 0.15) is 0 Å². The standard InChI is InChI=1S/C16H25NO3S/c1-4-10-17-16(15(19)20-3,12-21-13(2)11-18)14-8-6-5-7-9-14/h5-9,13,17-18H,4,10-12H2,1-3H3. The highest BCUT2D eigenvalue weighted by atomic mass is 32.2. The third kappa shape index (κ3) is 4.73. The molecule has 1 aromatic rings. The normalized spacial score (nSPS) is 15.2.